The number of halogens is 2. The number of carboxylic acids is 1. The number of amides is 1. The zero-order valence-electron chi connectivity index (χ0n) is 22.3. The van der Waals surface area contributed by atoms with Crippen LogP contribution in [0.1, 0.15) is 25.3 Å². The Morgan fingerprint density at radius 3 is 2.15 bits per heavy atom. The highest BCUT2D eigenvalue weighted by Crippen LogP contribution is 2.24. The number of aliphatic carboxylic acids is 1. The molecule has 0 aliphatic heterocycles. The first kappa shape index (κ1) is 31.1. The van der Waals surface area contributed by atoms with E-state index in [0.29, 0.717) is 66.4 Å². The third kappa shape index (κ3) is 11.0. The number of unbranched alkanes of at least 4 members (excludes halogenated alkanes) is 1. The number of carbonyl (C=O) groups excluding carboxylic acids is 1. The van der Waals surface area contributed by atoms with Crippen molar-refractivity contribution in [3.05, 3.63) is 88.4 Å². The molecule has 3 rings (SSSR count). The molecule has 0 saturated heterocycles. The monoisotopic (exact) mass is 589 g/mol. The average molecular weight is 591 g/mol. The third-order valence-corrected chi connectivity index (χ3v) is 6.19. The Labute approximate surface area is 244 Å². The second-order valence-electron chi connectivity index (χ2n) is 8.81. The zero-order valence-corrected chi connectivity index (χ0v) is 23.8. The van der Waals surface area contributed by atoms with Crippen molar-refractivity contribution in [3.63, 3.8) is 0 Å². The van der Waals surface area contributed by atoms with Crippen LogP contribution >= 0.6 is 23.2 Å². The molecule has 0 fully saturated rings. The number of carboxylic acid groups (broad SMARTS) is 1. The van der Waals surface area contributed by atoms with E-state index >= 15 is 0 Å². The Balaban J connectivity index is 1.50. The summed E-state index contributed by atoms with van der Waals surface area (Å²) < 4.78 is 22.4. The number of carbonyl (C=O) groups is 2. The summed E-state index contributed by atoms with van der Waals surface area (Å²) in [6.45, 7) is 3.53. The second kappa shape index (κ2) is 16.6. The molecule has 1 N–H and O–H groups in total. The SMILES string of the molecule is CCOC(Cc1ccc(OCCN(CCCCOc2cc(Cl)cc(Cl)c2)C(=O)Oc2ccccc2)cc1)C(=O)O. The van der Waals surface area contributed by atoms with Crippen LogP contribution in [0.3, 0.4) is 0 Å². The van der Waals surface area contributed by atoms with Crippen LogP contribution in [0.4, 0.5) is 4.79 Å². The van der Waals surface area contributed by atoms with Crippen molar-refractivity contribution < 1.29 is 33.6 Å². The van der Waals surface area contributed by atoms with E-state index in [2.05, 4.69) is 0 Å². The van der Waals surface area contributed by atoms with E-state index in [1.165, 1.54) is 0 Å². The van der Waals surface area contributed by atoms with Crippen LogP contribution in [0.15, 0.2) is 72.8 Å². The Kier molecular flexibility index (Phi) is 12.9. The van der Waals surface area contributed by atoms with Crippen molar-refractivity contribution >= 4 is 35.3 Å². The highest BCUT2D eigenvalue weighted by Gasteiger charge is 2.18. The van der Waals surface area contributed by atoms with Gasteiger partial charge in [0.1, 0.15) is 23.9 Å². The molecule has 40 heavy (non-hydrogen) atoms. The highest BCUT2D eigenvalue weighted by molar-refractivity contribution is 6.34. The second-order valence-corrected chi connectivity index (χ2v) is 9.68. The van der Waals surface area contributed by atoms with Crippen molar-refractivity contribution in [2.75, 3.05) is 32.9 Å². The van der Waals surface area contributed by atoms with Crippen LogP contribution in [-0.2, 0) is 16.0 Å². The van der Waals surface area contributed by atoms with Gasteiger partial charge in [-0.15, -0.1) is 0 Å². The van der Waals surface area contributed by atoms with Crippen molar-refractivity contribution in [3.8, 4) is 17.2 Å². The van der Waals surface area contributed by atoms with Crippen LogP contribution in [0.5, 0.6) is 17.2 Å². The molecule has 1 unspecified atom stereocenters. The summed E-state index contributed by atoms with van der Waals surface area (Å²) in [5.74, 6) is 0.664. The fourth-order valence-corrected chi connectivity index (χ4v) is 4.29. The summed E-state index contributed by atoms with van der Waals surface area (Å²) in [5.41, 5.74) is 0.823. The summed E-state index contributed by atoms with van der Waals surface area (Å²) in [7, 11) is 0. The van der Waals surface area contributed by atoms with E-state index in [9.17, 15) is 14.7 Å². The van der Waals surface area contributed by atoms with Gasteiger partial charge >= 0.3 is 12.1 Å². The Morgan fingerprint density at radius 2 is 1.50 bits per heavy atom. The number of rotatable bonds is 16. The maximum Gasteiger partial charge on any atom is 0.415 e. The van der Waals surface area contributed by atoms with E-state index in [1.54, 1.807) is 78.6 Å². The molecule has 214 valence electrons. The molecule has 0 aromatic heterocycles. The smallest absolute Gasteiger partial charge is 0.415 e. The summed E-state index contributed by atoms with van der Waals surface area (Å²) in [6.07, 6.45) is 0.271. The summed E-state index contributed by atoms with van der Waals surface area (Å²) in [5, 5.41) is 10.3. The van der Waals surface area contributed by atoms with Gasteiger partial charge < -0.3 is 29.0 Å². The van der Waals surface area contributed by atoms with Crippen molar-refractivity contribution in [2.45, 2.75) is 32.3 Å². The van der Waals surface area contributed by atoms with Crippen LogP contribution in [0.25, 0.3) is 0 Å². The Bertz CT molecular complexity index is 1190. The number of hydrogen-bond donors (Lipinski definition) is 1. The van der Waals surface area contributed by atoms with Gasteiger partial charge in [-0.1, -0.05) is 53.5 Å². The van der Waals surface area contributed by atoms with Crippen LogP contribution < -0.4 is 14.2 Å². The maximum atomic E-state index is 12.9. The van der Waals surface area contributed by atoms with E-state index in [1.807, 2.05) is 6.07 Å². The summed E-state index contributed by atoms with van der Waals surface area (Å²) in [4.78, 5) is 25.8. The molecule has 3 aromatic rings. The molecule has 1 atom stereocenters. The standard InChI is InChI=1S/C30H33Cl2NO7/c1-2-37-28(29(34)35)18-22-10-12-25(13-11-22)39-17-15-33(30(36)40-26-8-4-3-5-9-26)14-6-7-16-38-27-20-23(31)19-24(32)21-27/h3-5,8-13,19-21,28H,2,6-7,14-18H2,1H3,(H,34,35). The van der Waals surface area contributed by atoms with Crippen LogP contribution in [-0.4, -0.2) is 61.1 Å². The van der Waals surface area contributed by atoms with Gasteiger partial charge in [0, 0.05) is 29.6 Å². The minimum absolute atomic E-state index is 0.247. The first-order valence-corrected chi connectivity index (χ1v) is 13.8. The van der Waals surface area contributed by atoms with Gasteiger partial charge in [-0.3, -0.25) is 0 Å². The predicted octanol–water partition coefficient (Wildman–Crippen LogP) is 6.76. The Morgan fingerprint density at radius 1 is 0.825 bits per heavy atom. The molecule has 1 amide bonds. The van der Waals surface area contributed by atoms with Crippen molar-refractivity contribution in [1.29, 1.82) is 0 Å². The largest absolute Gasteiger partial charge is 0.493 e. The topological polar surface area (TPSA) is 94.5 Å². The lowest BCUT2D eigenvalue weighted by Crippen LogP contribution is -2.37. The number of nitrogens with zero attached hydrogens (tertiary/aromatic N) is 1. The highest BCUT2D eigenvalue weighted by atomic mass is 35.5. The number of hydrogen-bond acceptors (Lipinski definition) is 6. The minimum Gasteiger partial charge on any atom is -0.493 e. The number of ether oxygens (including phenoxy) is 4. The molecule has 8 nitrogen and oxygen atoms in total. The van der Waals surface area contributed by atoms with E-state index in [-0.39, 0.29) is 13.0 Å². The van der Waals surface area contributed by atoms with Crippen molar-refractivity contribution in [2.24, 2.45) is 0 Å². The third-order valence-electron chi connectivity index (χ3n) is 5.75. The summed E-state index contributed by atoms with van der Waals surface area (Å²) >= 11 is 12.0. The number of para-hydroxylation sites is 1. The van der Waals surface area contributed by atoms with E-state index < -0.39 is 18.2 Å². The quantitative estimate of drug-likeness (QED) is 0.184. The molecular weight excluding hydrogens is 557 g/mol. The minimum atomic E-state index is -0.995. The average Bonchev–Trinajstić information content (AvgIpc) is 2.92. The van der Waals surface area contributed by atoms with Crippen LogP contribution in [0.2, 0.25) is 10.0 Å². The molecule has 10 heteroatoms. The van der Waals surface area contributed by atoms with Gasteiger partial charge in [0.15, 0.2) is 6.10 Å². The van der Waals surface area contributed by atoms with Gasteiger partial charge in [0.25, 0.3) is 0 Å². The van der Waals surface area contributed by atoms with Gasteiger partial charge in [-0.05, 0) is 67.8 Å². The van der Waals surface area contributed by atoms with Gasteiger partial charge in [0.2, 0.25) is 0 Å². The molecule has 0 bridgehead atoms. The maximum absolute atomic E-state index is 12.9. The molecule has 0 saturated carbocycles. The zero-order chi connectivity index (χ0) is 28.7. The first-order valence-electron chi connectivity index (χ1n) is 13.0. The van der Waals surface area contributed by atoms with Gasteiger partial charge in [0.05, 0.1) is 13.2 Å². The lowest BCUT2D eigenvalue weighted by atomic mass is 10.1. The molecule has 0 heterocycles. The molecule has 0 aliphatic carbocycles. The first-order chi connectivity index (χ1) is 19.3. The number of benzene rings is 3. The molecule has 3 aromatic carbocycles. The van der Waals surface area contributed by atoms with Gasteiger partial charge in [-0.2, -0.15) is 0 Å². The Hall–Kier alpha value is -3.46. The van der Waals surface area contributed by atoms with Crippen LogP contribution in [0, 0.1) is 0 Å². The normalized spacial score (nSPS) is 11.5. The van der Waals surface area contributed by atoms with Crippen molar-refractivity contribution in [1.82, 2.24) is 4.90 Å². The lowest BCUT2D eigenvalue weighted by Gasteiger charge is -2.22. The van der Waals surface area contributed by atoms with Gasteiger partial charge in [-0.25, -0.2) is 9.59 Å². The van der Waals surface area contributed by atoms with E-state index in [0.717, 1.165) is 5.56 Å². The molecule has 0 spiro atoms. The lowest BCUT2D eigenvalue weighted by molar-refractivity contribution is -0.149. The fourth-order valence-electron chi connectivity index (χ4n) is 3.78. The fraction of sp³-hybridized carbons (Fsp3) is 0.333. The molecular formula is C30H33Cl2NO7. The predicted molar refractivity (Wildman–Crippen MR) is 154 cm³/mol. The summed E-state index contributed by atoms with van der Waals surface area (Å²) in [6, 6.07) is 21.1. The molecule has 0 radical (unpaired) electrons. The van der Waals surface area contributed by atoms with E-state index in [4.69, 9.17) is 42.1 Å². The molecule has 0 aliphatic rings.